The molecule has 0 N–H and O–H groups in total. The minimum Gasteiger partial charge on any atom is -0.309 e. The Morgan fingerprint density at radius 3 is 1.12 bits per heavy atom. The Kier molecular flexibility index (Phi) is 11.8. The molecule has 382 valence electrons. The molecule has 15 rings (SSSR count). The van der Waals surface area contributed by atoms with Crippen molar-refractivity contribution in [1.82, 2.24) is 24.1 Å². The maximum absolute atomic E-state index is 8.22. The van der Waals surface area contributed by atoms with Gasteiger partial charge in [0.25, 0.3) is 0 Å². The minimum absolute atomic E-state index is 0.541. The van der Waals surface area contributed by atoms with Gasteiger partial charge >= 0.3 is 0 Å². The first-order chi connectivity index (χ1) is 40.6. The Labute approximate surface area is 474 Å². The van der Waals surface area contributed by atoms with Crippen LogP contribution in [0.15, 0.2) is 291 Å². The highest BCUT2D eigenvalue weighted by Crippen LogP contribution is 2.46. The summed E-state index contributed by atoms with van der Waals surface area (Å²) in [7, 11) is 0. The number of rotatable bonds is 10. The van der Waals surface area contributed by atoms with Gasteiger partial charge in [0.05, 0.1) is 34.3 Å². The average molecular weight is 1050 g/mol. The van der Waals surface area contributed by atoms with Gasteiger partial charge in [-0.2, -0.15) is 0 Å². The summed E-state index contributed by atoms with van der Waals surface area (Å²) in [4.78, 5) is 20.3. The lowest BCUT2D eigenvalue weighted by atomic mass is 9.92. The molecule has 6 heteroatoms. The SMILES string of the molecule is [C-]#[N+]c1ccc2c(c1)c1cc(-n3c4ccccc4c4ccccc43)ccc1n2-c1c(-c2ccccc2)cc(-c2nc(-c3ccc(-c4ccccc4)cc3)nc(-c3cc(-c4ccccc4)cc(-c4ccccc4)c3)n2)cc1-c1ccccc1. The van der Waals surface area contributed by atoms with Crippen molar-refractivity contribution in [2.75, 3.05) is 0 Å². The van der Waals surface area contributed by atoms with E-state index in [0.717, 1.165) is 117 Å². The lowest BCUT2D eigenvalue weighted by Crippen LogP contribution is -2.04. The first kappa shape index (κ1) is 47.9. The summed E-state index contributed by atoms with van der Waals surface area (Å²) >= 11 is 0. The minimum atomic E-state index is 0.541. The Bertz CT molecular complexity index is 4770. The molecule has 0 bridgehead atoms. The standard InChI is InChI=1S/C76H48N6/c1-77-61-39-41-71-67(48-61)68-49-62(81-69-33-19-17-31-63(69)64-32-18-20-34-70(64)81)40-42-72(68)82(71)73-65(54-27-13-5-14-28-54)46-60(47-66(73)55-29-15-6-16-30-55)76-79-74(56-37-35-53(36-38-56)50-21-7-2-8-22-50)78-75(80-76)59-44-57(51-23-9-3-10-24-51)43-58(45-59)52-25-11-4-12-26-52/h2-49H. The maximum Gasteiger partial charge on any atom is 0.188 e. The Balaban J connectivity index is 0.998. The van der Waals surface area contributed by atoms with Crippen molar-refractivity contribution in [1.29, 1.82) is 0 Å². The molecule has 0 saturated heterocycles. The fourth-order valence-electron chi connectivity index (χ4n) is 11.9. The van der Waals surface area contributed by atoms with Gasteiger partial charge in [-0.05, 0) is 123 Å². The molecule has 0 aliphatic rings. The number of fused-ring (bicyclic) bond motifs is 6. The van der Waals surface area contributed by atoms with Crippen molar-refractivity contribution in [3.8, 4) is 101 Å². The van der Waals surface area contributed by atoms with Crippen LogP contribution in [0, 0.1) is 6.57 Å². The predicted octanol–water partition coefficient (Wildman–Crippen LogP) is 20.0. The highest BCUT2D eigenvalue weighted by molar-refractivity contribution is 6.14. The summed E-state index contributed by atoms with van der Waals surface area (Å²) in [5.41, 5.74) is 20.1. The third-order valence-electron chi connectivity index (χ3n) is 15.8. The Morgan fingerprint density at radius 2 is 0.622 bits per heavy atom. The van der Waals surface area contributed by atoms with Crippen LogP contribution in [-0.4, -0.2) is 24.1 Å². The molecule has 0 amide bonds. The van der Waals surface area contributed by atoms with Crippen LogP contribution in [-0.2, 0) is 0 Å². The normalized spacial score (nSPS) is 11.4. The molecule has 0 atom stereocenters. The zero-order valence-electron chi connectivity index (χ0n) is 44.4. The molecule has 0 aliphatic heterocycles. The molecule has 3 aromatic heterocycles. The van der Waals surface area contributed by atoms with Gasteiger partial charge in [0.1, 0.15) is 0 Å². The van der Waals surface area contributed by atoms with E-state index in [9.17, 15) is 0 Å². The molecule has 3 heterocycles. The smallest absolute Gasteiger partial charge is 0.188 e. The van der Waals surface area contributed by atoms with Gasteiger partial charge in [-0.1, -0.05) is 218 Å². The molecule has 0 radical (unpaired) electrons. The molecular formula is C76H48N6. The predicted molar refractivity (Wildman–Crippen MR) is 338 cm³/mol. The highest BCUT2D eigenvalue weighted by Gasteiger charge is 2.25. The lowest BCUT2D eigenvalue weighted by molar-refractivity contribution is 1.07. The summed E-state index contributed by atoms with van der Waals surface area (Å²) in [5, 5.41) is 4.43. The van der Waals surface area contributed by atoms with Gasteiger partial charge in [0.15, 0.2) is 23.2 Å². The van der Waals surface area contributed by atoms with Gasteiger partial charge in [-0.15, -0.1) is 0 Å². The van der Waals surface area contributed by atoms with E-state index >= 15 is 0 Å². The van der Waals surface area contributed by atoms with Gasteiger partial charge in [0.2, 0.25) is 0 Å². The van der Waals surface area contributed by atoms with E-state index in [0.29, 0.717) is 23.2 Å². The second-order valence-corrected chi connectivity index (χ2v) is 20.7. The molecule has 0 spiro atoms. The molecular weight excluding hydrogens is 997 g/mol. The van der Waals surface area contributed by atoms with Gasteiger partial charge in [0, 0.05) is 49.7 Å². The number of hydrogen-bond donors (Lipinski definition) is 0. The van der Waals surface area contributed by atoms with Crippen LogP contribution < -0.4 is 0 Å². The fraction of sp³-hybridized carbons (Fsp3) is 0. The van der Waals surface area contributed by atoms with Crippen molar-refractivity contribution in [3.05, 3.63) is 303 Å². The summed E-state index contributed by atoms with van der Waals surface area (Å²) in [6.45, 7) is 8.22. The first-order valence-electron chi connectivity index (χ1n) is 27.5. The average Bonchev–Trinajstić information content (AvgIpc) is 3.23. The van der Waals surface area contributed by atoms with Crippen LogP contribution >= 0.6 is 0 Å². The number of benzene rings is 12. The molecule has 15 aromatic rings. The van der Waals surface area contributed by atoms with E-state index in [1.165, 1.54) is 10.8 Å². The van der Waals surface area contributed by atoms with E-state index in [2.05, 4.69) is 275 Å². The zero-order valence-corrected chi connectivity index (χ0v) is 44.4. The topological polar surface area (TPSA) is 52.9 Å². The second-order valence-electron chi connectivity index (χ2n) is 20.7. The number of nitrogens with zero attached hydrogens (tertiary/aromatic N) is 6. The summed E-state index contributed by atoms with van der Waals surface area (Å²) < 4.78 is 4.77. The van der Waals surface area contributed by atoms with Gasteiger partial charge < -0.3 is 9.13 Å². The van der Waals surface area contributed by atoms with Gasteiger partial charge in [-0.25, -0.2) is 19.8 Å². The monoisotopic (exact) mass is 1040 g/mol. The van der Waals surface area contributed by atoms with Crippen molar-refractivity contribution < 1.29 is 0 Å². The molecule has 6 nitrogen and oxygen atoms in total. The third-order valence-corrected chi connectivity index (χ3v) is 15.8. The number of aromatic nitrogens is 5. The van der Waals surface area contributed by atoms with Crippen LogP contribution in [0.4, 0.5) is 5.69 Å². The molecule has 82 heavy (non-hydrogen) atoms. The number of hydrogen-bond acceptors (Lipinski definition) is 3. The van der Waals surface area contributed by atoms with E-state index in [4.69, 9.17) is 21.5 Å². The van der Waals surface area contributed by atoms with Crippen LogP contribution in [0.2, 0.25) is 0 Å². The first-order valence-corrected chi connectivity index (χ1v) is 27.5. The zero-order chi connectivity index (χ0) is 54.5. The lowest BCUT2D eigenvalue weighted by Gasteiger charge is -2.21. The second kappa shape index (κ2) is 20.2. The Morgan fingerprint density at radius 1 is 0.256 bits per heavy atom. The van der Waals surface area contributed by atoms with E-state index < -0.39 is 0 Å². The van der Waals surface area contributed by atoms with Crippen molar-refractivity contribution in [2.45, 2.75) is 0 Å². The summed E-state index contributed by atoms with van der Waals surface area (Å²) in [6.07, 6.45) is 0. The highest BCUT2D eigenvalue weighted by atomic mass is 15.0. The van der Waals surface area contributed by atoms with Gasteiger partial charge in [-0.3, -0.25) is 0 Å². The number of para-hydroxylation sites is 2. The molecule has 0 unspecified atom stereocenters. The van der Waals surface area contributed by atoms with Crippen molar-refractivity contribution in [2.24, 2.45) is 0 Å². The fourth-order valence-corrected chi connectivity index (χ4v) is 11.9. The molecule has 12 aromatic carbocycles. The quantitative estimate of drug-likeness (QED) is 0.128. The molecule has 0 aliphatic carbocycles. The largest absolute Gasteiger partial charge is 0.309 e. The van der Waals surface area contributed by atoms with Crippen LogP contribution in [0.1, 0.15) is 0 Å². The summed E-state index contributed by atoms with van der Waals surface area (Å²) in [5.74, 6) is 1.67. The van der Waals surface area contributed by atoms with Crippen molar-refractivity contribution >= 4 is 49.3 Å². The van der Waals surface area contributed by atoms with Crippen LogP contribution in [0.5, 0.6) is 0 Å². The summed E-state index contributed by atoms with van der Waals surface area (Å²) in [6, 6.07) is 102. The van der Waals surface area contributed by atoms with Crippen LogP contribution in [0.25, 0.3) is 150 Å². The Hall–Kier alpha value is -11.3. The van der Waals surface area contributed by atoms with E-state index in [1.54, 1.807) is 0 Å². The molecule has 0 saturated carbocycles. The maximum atomic E-state index is 8.22. The van der Waals surface area contributed by atoms with E-state index in [-0.39, 0.29) is 0 Å². The molecule has 0 fully saturated rings. The van der Waals surface area contributed by atoms with Crippen molar-refractivity contribution in [3.63, 3.8) is 0 Å². The third kappa shape index (κ3) is 8.49. The van der Waals surface area contributed by atoms with E-state index in [1.807, 2.05) is 30.3 Å². The van der Waals surface area contributed by atoms with Crippen LogP contribution in [0.3, 0.4) is 0 Å².